The summed E-state index contributed by atoms with van der Waals surface area (Å²) in [6.07, 6.45) is -3.55. The zero-order chi connectivity index (χ0) is 28.5. The SMILES string of the molecule is CNC(=O)C(F)=Cc1cc(Cl)cc(C)c1NC(=O)c1cc(C(F)(F)F)cn1-c1c(Cl)cc([N+](=O)[O-])cc1Cl. The van der Waals surface area contributed by atoms with Gasteiger partial charge in [-0.25, -0.2) is 4.39 Å². The van der Waals surface area contributed by atoms with Crippen LogP contribution in [0.2, 0.25) is 15.1 Å². The predicted octanol–water partition coefficient (Wildman–Crippen LogP) is 6.98. The molecule has 0 saturated heterocycles. The first-order valence-corrected chi connectivity index (χ1v) is 11.4. The second kappa shape index (κ2) is 11.0. The van der Waals surface area contributed by atoms with E-state index in [4.69, 9.17) is 34.8 Å². The summed E-state index contributed by atoms with van der Waals surface area (Å²) in [5.41, 5.74) is -2.51. The lowest BCUT2D eigenvalue weighted by atomic mass is 10.1. The number of nitrogens with zero attached hydrogens (tertiary/aromatic N) is 2. The first kappa shape index (κ1) is 29.0. The number of nitro groups is 1. The van der Waals surface area contributed by atoms with Gasteiger partial charge in [-0.3, -0.25) is 19.7 Å². The molecule has 0 radical (unpaired) electrons. The molecule has 3 aromatic rings. The van der Waals surface area contributed by atoms with Crippen LogP contribution >= 0.6 is 34.8 Å². The Morgan fingerprint density at radius 3 is 2.21 bits per heavy atom. The average molecular weight is 594 g/mol. The number of non-ortho nitro benzene ring substituents is 1. The third-order valence-electron chi connectivity index (χ3n) is 5.13. The number of halogens is 7. The van der Waals surface area contributed by atoms with Crippen LogP contribution in [0.5, 0.6) is 0 Å². The lowest BCUT2D eigenvalue weighted by Gasteiger charge is -2.16. The number of nitro benzene ring substituents is 1. The normalized spacial score (nSPS) is 11.9. The Labute approximate surface area is 226 Å². The summed E-state index contributed by atoms with van der Waals surface area (Å²) in [5.74, 6) is -3.39. The minimum atomic E-state index is -4.89. The fourth-order valence-corrected chi connectivity index (χ4v) is 4.36. The van der Waals surface area contributed by atoms with E-state index in [2.05, 4.69) is 10.6 Å². The van der Waals surface area contributed by atoms with Crippen LogP contribution in [0.25, 0.3) is 11.8 Å². The van der Waals surface area contributed by atoms with Gasteiger partial charge in [0.2, 0.25) is 0 Å². The molecule has 8 nitrogen and oxygen atoms in total. The van der Waals surface area contributed by atoms with Crippen molar-refractivity contribution in [2.45, 2.75) is 13.1 Å². The minimum absolute atomic E-state index is 0.0509. The van der Waals surface area contributed by atoms with Crippen molar-refractivity contribution >= 4 is 64.1 Å². The van der Waals surface area contributed by atoms with Gasteiger partial charge in [0.25, 0.3) is 17.5 Å². The summed E-state index contributed by atoms with van der Waals surface area (Å²) in [7, 11) is 1.20. The average Bonchev–Trinajstić information content (AvgIpc) is 3.25. The standard InChI is InChI=1S/C23H15Cl3F4N4O4/c1-10-3-13(24)4-11(5-17(27)21(35)31-2)19(10)32-22(36)18-6-12(23(28,29)30)9-33(18)20-15(25)7-14(34(37)38)8-16(20)26/h3-9H,1-2H3,(H,31,35)(H,32,36). The number of alkyl halides is 3. The van der Waals surface area contributed by atoms with E-state index in [0.717, 1.165) is 22.8 Å². The molecule has 3 rings (SSSR count). The number of amides is 2. The van der Waals surface area contributed by atoms with Crippen LogP contribution in [0.1, 0.15) is 27.2 Å². The molecular formula is C23H15Cl3F4N4O4. The Hall–Kier alpha value is -3.61. The summed E-state index contributed by atoms with van der Waals surface area (Å²) in [6, 6.07) is 4.89. The summed E-state index contributed by atoms with van der Waals surface area (Å²) < 4.78 is 55.8. The van der Waals surface area contributed by atoms with Gasteiger partial charge in [-0.1, -0.05) is 34.8 Å². The van der Waals surface area contributed by atoms with Crippen LogP contribution in [0.15, 0.2) is 42.4 Å². The van der Waals surface area contributed by atoms with Gasteiger partial charge in [0.05, 0.1) is 31.9 Å². The van der Waals surface area contributed by atoms with Crippen LogP contribution in [-0.4, -0.2) is 28.4 Å². The molecule has 0 spiro atoms. The zero-order valence-electron chi connectivity index (χ0n) is 19.2. The highest BCUT2D eigenvalue weighted by Gasteiger charge is 2.35. The number of aromatic nitrogens is 1. The highest BCUT2D eigenvalue weighted by molar-refractivity contribution is 6.38. The van der Waals surface area contributed by atoms with Crippen LogP contribution in [0.3, 0.4) is 0 Å². The molecule has 1 aromatic heterocycles. The Morgan fingerprint density at radius 2 is 1.68 bits per heavy atom. The van der Waals surface area contributed by atoms with Gasteiger partial charge in [-0.05, 0) is 36.8 Å². The first-order valence-electron chi connectivity index (χ1n) is 10.3. The third-order valence-corrected chi connectivity index (χ3v) is 5.92. The molecule has 1 heterocycles. The lowest BCUT2D eigenvalue weighted by molar-refractivity contribution is -0.384. The highest BCUT2D eigenvalue weighted by atomic mass is 35.5. The number of hydrogen-bond donors (Lipinski definition) is 2. The van der Waals surface area contributed by atoms with Gasteiger partial charge in [-0.2, -0.15) is 13.2 Å². The van der Waals surface area contributed by atoms with Crippen LogP contribution in [0, 0.1) is 17.0 Å². The van der Waals surface area contributed by atoms with Crippen LogP contribution in [0.4, 0.5) is 28.9 Å². The predicted molar refractivity (Wildman–Crippen MR) is 135 cm³/mol. The fraction of sp³-hybridized carbons (Fsp3) is 0.130. The van der Waals surface area contributed by atoms with Crippen molar-refractivity contribution < 1.29 is 32.1 Å². The van der Waals surface area contributed by atoms with E-state index in [9.17, 15) is 37.3 Å². The number of carbonyl (C=O) groups is 2. The first-order chi connectivity index (χ1) is 17.6. The van der Waals surface area contributed by atoms with E-state index in [1.165, 1.54) is 26.1 Å². The molecule has 200 valence electrons. The molecule has 0 aliphatic rings. The van der Waals surface area contributed by atoms with Gasteiger partial charge in [0, 0.05) is 36.0 Å². The molecular weight excluding hydrogens is 579 g/mol. The third kappa shape index (κ3) is 6.09. The molecule has 15 heteroatoms. The van der Waals surface area contributed by atoms with Crippen molar-refractivity contribution in [1.82, 2.24) is 9.88 Å². The van der Waals surface area contributed by atoms with Gasteiger partial charge in [-0.15, -0.1) is 0 Å². The number of rotatable bonds is 6. The largest absolute Gasteiger partial charge is 0.417 e. The van der Waals surface area contributed by atoms with Crippen molar-refractivity contribution in [1.29, 1.82) is 0 Å². The van der Waals surface area contributed by atoms with Crippen molar-refractivity contribution in [3.05, 3.63) is 89.9 Å². The Bertz CT molecular complexity index is 1480. The smallest absolute Gasteiger partial charge is 0.353 e. The van der Waals surface area contributed by atoms with Gasteiger partial charge < -0.3 is 15.2 Å². The molecule has 0 atom stereocenters. The van der Waals surface area contributed by atoms with E-state index < -0.39 is 55.7 Å². The van der Waals surface area contributed by atoms with E-state index >= 15 is 0 Å². The molecule has 2 aromatic carbocycles. The van der Waals surface area contributed by atoms with E-state index in [-0.39, 0.29) is 22.0 Å². The number of benzene rings is 2. The second-order valence-corrected chi connectivity index (χ2v) is 8.96. The fourth-order valence-electron chi connectivity index (χ4n) is 3.42. The number of anilines is 1. The van der Waals surface area contributed by atoms with Crippen LogP contribution < -0.4 is 10.6 Å². The van der Waals surface area contributed by atoms with Gasteiger partial charge in [0.15, 0.2) is 5.83 Å². The molecule has 0 unspecified atom stereocenters. The summed E-state index contributed by atoms with van der Waals surface area (Å²) in [4.78, 5) is 35.2. The number of likely N-dealkylation sites (N-methyl/N-ethyl adjacent to an activating group) is 1. The number of carbonyl (C=O) groups excluding carboxylic acids is 2. The van der Waals surface area contributed by atoms with E-state index in [1.54, 1.807) is 0 Å². The van der Waals surface area contributed by atoms with Gasteiger partial charge >= 0.3 is 6.18 Å². The summed E-state index contributed by atoms with van der Waals surface area (Å²) >= 11 is 18.3. The summed E-state index contributed by atoms with van der Waals surface area (Å²) in [5, 5.41) is 14.9. The molecule has 0 aliphatic carbocycles. The quantitative estimate of drug-likeness (QED) is 0.139. The maximum atomic E-state index is 14.3. The zero-order valence-corrected chi connectivity index (χ0v) is 21.5. The molecule has 0 bridgehead atoms. The topological polar surface area (TPSA) is 106 Å². The monoisotopic (exact) mass is 592 g/mol. The van der Waals surface area contributed by atoms with Crippen molar-refractivity contribution in [2.75, 3.05) is 12.4 Å². The number of nitrogens with one attached hydrogen (secondary N) is 2. The maximum Gasteiger partial charge on any atom is 0.417 e. The lowest BCUT2D eigenvalue weighted by Crippen LogP contribution is -2.19. The molecule has 0 aliphatic heterocycles. The number of hydrogen-bond acceptors (Lipinski definition) is 4. The molecule has 0 fully saturated rings. The van der Waals surface area contributed by atoms with E-state index in [1.807, 2.05) is 0 Å². The Balaban J connectivity index is 2.18. The Kier molecular flexibility index (Phi) is 8.39. The van der Waals surface area contributed by atoms with Crippen molar-refractivity contribution in [2.24, 2.45) is 0 Å². The van der Waals surface area contributed by atoms with Crippen molar-refractivity contribution in [3.63, 3.8) is 0 Å². The Morgan fingerprint density at radius 1 is 1.08 bits per heavy atom. The maximum absolute atomic E-state index is 14.3. The molecule has 2 amide bonds. The van der Waals surface area contributed by atoms with E-state index in [0.29, 0.717) is 17.8 Å². The molecule has 0 saturated carbocycles. The molecule has 38 heavy (non-hydrogen) atoms. The highest BCUT2D eigenvalue weighted by Crippen LogP contribution is 2.38. The van der Waals surface area contributed by atoms with Crippen molar-refractivity contribution in [3.8, 4) is 5.69 Å². The van der Waals surface area contributed by atoms with Gasteiger partial charge in [0.1, 0.15) is 5.69 Å². The number of aryl methyl sites for hydroxylation is 1. The van der Waals surface area contributed by atoms with Crippen LogP contribution in [-0.2, 0) is 11.0 Å². The minimum Gasteiger partial charge on any atom is -0.353 e. The second-order valence-electron chi connectivity index (χ2n) is 7.71. The molecule has 2 N–H and O–H groups in total. The summed E-state index contributed by atoms with van der Waals surface area (Å²) in [6.45, 7) is 1.49.